The van der Waals surface area contributed by atoms with Crippen molar-refractivity contribution in [1.82, 2.24) is 15.3 Å². The van der Waals surface area contributed by atoms with Gasteiger partial charge >= 0.3 is 0 Å². The van der Waals surface area contributed by atoms with Crippen molar-refractivity contribution in [3.63, 3.8) is 0 Å². The molecule has 1 aliphatic rings. The van der Waals surface area contributed by atoms with E-state index in [0.717, 1.165) is 16.6 Å². The maximum absolute atomic E-state index is 5.55. The summed E-state index contributed by atoms with van der Waals surface area (Å²) in [6, 6.07) is 4.08. The number of nitrogens with zero attached hydrogens (tertiary/aromatic N) is 1. The van der Waals surface area contributed by atoms with Crippen LogP contribution >= 0.6 is 11.8 Å². The van der Waals surface area contributed by atoms with E-state index in [0.29, 0.717) is 0 Å². The van der Waals surface area contributed by atoms with Gasteiger partial charge in [0, 0.05) is 36.7 Å². The number of hydrogen-bond donors (Lipinski definition) is 2. The van der Waals surface area contributed by atoms with Crippen LogP contribution < -0.4 is 5.32 Å². The Labute approximate surface area is 97.1 Å². The molecule has 2 aromatic heterocycles. The summed E-state index contributed by atoms with van der Waals surface area (Å²) in [5, 5.41) is 5.74. The predicted molar refractivity (Wildman–Crippen MR) is 64.6 cm³/mol. The van der Waals surface area contributed by atoms with Gasteiger partial charge in [0.25, 0.3) is 0 Å². The van der Waals surface area contributed by atoms with E-state index in [2.05, 4.69) is 21.4 Å². The summed E-state index contributed by atoms with van der Waals surface area (Å²) >= 11 is 1.59. The number of rotatable bonds is 2. The van der Waals surface area contributed by atoms with Gasteiger partial charge in [0.2, 0.25) is 5.06 Å². The van der Waals surface area contributed by atoms with Crippen LogP contribution in [0, 0.1) is 0 Å². The van der Waals surface area contributed by atoms with Crippen molar-refractivity contribution in [2.75, 3.05) is 7.11 Å². The first-order valence-corrected chi connectivity index (χ1v) is 5.81. The minimum absolute atomic E-state index is 0.529. The molecule has 0 saturated carbocycles. The van der Waals surface area contributed by atoms with E-state index in [1.165, 1.54) is 0 Å². The van der Waals surface area contributed by atoms with E-state index in [1.807, 2.05) is 30.1 Å². The van der Waals surface area contributed by atoms with Crippen molar-refractivity contribution in [3.05, 3.63) is 41.7 Å². The standard InChI is InChI=1S/C11H11N3OS/c1-15-11(14-4-5-16-11)9-6-8-2-3-12-10(8)13-7-9/h2-7,14H,1H3,(H,12,13). The quantitative estimate of drug-likeness (QED) is 0.834. The minimum atomic E-state index is -0.529. The number of fused-ring (bicyclic) bond motifs is 1. The summed E-state index contributed by atoms with van der Waals surface area (Å²) in [7, 11) is 1.69. The maximum atomic E-state index is 5.55. The second-order valence-electron chi connectivity index (χ2n) is 3.53. The second-order valence-corrected chi connectivity index (χ2v) is 4.61. The average molecular weight is 233 g/mol. The minimum Gasteiger partial charge on any atom is -0.351 e. The third-order valence-corrected chi connectivity index (χ3v) is 3.77. The predicted octanol–water partition coefficient (Wildman–Crippen LogP) is 2.13. The summed E-state index contributed by atoms with van der Waals surface area (Å²) in [5.74, 6) is 0. The van der Waals surface area contributed by atoms with Crippen LogP contribution in [0.2, 0.25) is 0 Å². The lowest BCUT2D eigenvalue weighted by Crippen LogP contribution is -2.34. The molecule has 0 fully saturated rings. The van der Waals surface area contributed by atoms with E-state index < -0.39 is 5.06 Å². The van der Waals surface area contributed by atoms with Crippen LogP contribution in [-0.2, 0) is 9.79 Å². The number of aromatic amines is 1. The number of ether oxygens (including phenoxy) is 1. The molecule has 0 aliphatic carbocycles. The third-order valence-electron chi connectivity index (χ3n) is 2.64. The molecule has 0 spiro atoms. The van der Waals surface area contributed by atoms with Crippen LogP contribution in [0.4, 0.5) is 0 Å². The maximum Gasteiger partial charge on any atom is 0.219 e. The SMILES string of the molecule is COC1(c2cnc3[nH]ccc3c2)NC=CS1. The Balaban J connectivity index is 2.10. The third kappa shape index (κ3) is 1.32. The zero-order valence-electron chi connectivity index (χ0n) is 8.73. The Morgan fingerprint density at radius 3 is 3.19 bits per heavy atom. The first kappa shape index (κ1) is 9.74. The molecule has 1 aliphatic heterocycles. The van der Waals surface area contributed by atoms with Gasteiger partial charge < -0.3 is 15.0 Å². The summed E-state index contributed by atoms with van der Waals surface area (Å²) in [6.45, 7) is 0. The van der Waals surface area contributed by atoms with Crippen LogP contribution in [0.1, 0.15) is 5.56 Å². The molecular formula is C11H11N3OS. The molecule has 2 aromatic rings. The fourth-order valence-electron chi connectivity index (χ4n) is 1.80. The van der Waals surface area contributed by atoms with Crippen LogP contribution in [0.15, 0.2) is 36.1 Å². The molecule has 2 N–H and O–H groups in total. The molecule has 0 bridgehead atoms. The zero-order chi connectivity index (χ0) is 11.0. The van der Waals surface area contributed by atoms with Gasteiger partial charge in [-0.25, -0.2) is 4.98 Å². The highest BCUT2D eigenvalue weighted by Gasteiger charge is 2.34. The lowest BCUT2D eigenvalue weighted by Gasteiger charge is -2.27. The van der Waals surface area contributed by atoms with Gasteiger partial charge in [0.1, 0.15) is 5.65 Å². The molecule has 3 heterocycles. The van der Waals surface area contributed by atoms with Crippen LogP contribution in [0.25, 0.3) is 11.0 Å². The number of hydrogen-bond acceptors (Lipinski definition) is 4. The van der Waals surface area contributed by atoms with E-state index >= 15 is 0 Å². The van der Waals surface area contributed by atoms with E-state index in [9.17, 15) is 0 Å². The number of thioether (sulfide) groups is 1. The van der Waals surface area contributed by atoms with Gasteiger partial charge in [-0.05, 0) is 17.5 Å². The van der Waals surface area contributed by atoms with Crippen molar-refractivity contribution in [1.29, 1.82) is 0 Å². The summed E-state index contributed by atoms with van der Waals surface area (Å²) < 4.78 is 5.55. The number of methoxy groups -OCH3 is 1. The molecule has 0 amide bonds. The van der Waals surface area contributed by atoms with Gasteiger partial charge in [-0.3, -0.25) is 0 Å². The highest BCUT2D eigenvalue weighted by Crippen LogP contribution is 2.39. The van der Waals surface area contributed by atoms with Crippen molar-refractivity contribution in [2.45, 2.75) is 5.06 Å². The molecular weight excluding hydrogens is 222 g/mol. The fourth-order valence-corrected chi connectivity index (χ4v) is 2.61. The lowest BCUT2D eigenvalue weighted by molar-refractivity contribution is 0.0541. The number of nitrogens with one attached hydrogen (secondary N) is 2. The first-order valence-electron chi connectivity index (χ1n) is 4.93. The van der Waals surface area contributed by atoms with Gasteiger partial charge in [0.15, 0.2) is 0 Å². The number of H-pyrrole nitrogens is 1. The van der Waals surface area contributed by atoms with Crippen molar-refractivity contribution in [2.24, 2.45) is 0 Å². The molecule has 3 rings (SSSR count). The smallest absolute Gasteiger partial charge is 0.219 e. The summed E-state index contributed by atoms with van der Waals surface area (Å²) in [4.78, 5) is 7.44. The topological polar surface area (TPSA) is 49.9 Å². The molecule has 5 heteroatoms. The highest BCUT2D eigenvalue weighted by atomic mass is 32.2. The van der Waals surface area contributed by atoms with E-state index in [1.54, 1.807) is 18.9 Å². The van der Waals surface area contributed by atoms with Crippen LogP contribution in [0.5, 0.6) is 0 Å². The van der Waals surface area contributed by atoms with Gasteiger partial charge in [0.05, 0.1) is 0 Å². The molecule has 4 nitrogen and oxygen atoms in total. The zero-order valence-corrected chi connectivity index (χ0v) is 9.54. The Hall–Kier alpha value is -1.46. The lowest BCUT2D eigenvalue weighted by atomic mass is 10.2. The number of pyridine rings is 1. The van der Waals surface area contributed by atoms with E-state index in [4.69, 9.17) is 4.74 Å². The fraction of sp³-hybridized carbons (Fsp3) is 0.182. The summed E-state index contributed by atoms with van der Waals surface area (Å²) in [5.41, 5.74) is 1.91. The van der Waals surface area contributed by atoms with Gasteiger partial charge in [-0.2, -0.15) is 0 Å². The van der Waals surface area contributed by atoms with Gasteiger partial charge in [-0.1, -0.05) is 11.8 Å². The Morgan fingerprint density at radius 1 is 1.50 bits per heavy atom. The Morgan fingerprint density at radius 2 is 2.44 bits per heavy atom. The molecule has 1 atom stereocenters. The van der Waals surface area contributed by atoms with Gasteiger partial charge in [-0.15, -0.1) is 0 Å². The van der Waals surface area contributed by atoms with Crippen molar-refractivity contribution >= 4 is 22.8 Å². The Kier molecular flexibility index (Phi) is 2.15. The number of aromatic nitrogens is 2. The monoisotopic (exact) mass is 233 g/mol. The average Bonchev–Trinajstić information content (AvgIpc) is 2.97. The normalized spacial score (nSPS) is 23.8. The largest absolute Gasteiger partial charge is 0.351 e. The van der Waals surface area contributed by atoms with E-state index in [-0.39, 0.29) is 0 Å². The molecule has 0 aromatic carbocycles. The molecule has 0 radical (unpaired) electrons. The van der Waals surface area contributed by atoms with Crippen molar-refractivity contribution in [3.8, 4) is 0 Å². The molecule has 1 unspecified atom stereocenters. The molecule has 0 saturated heterocycles. The Bertz CT molecular complexity index is 541. The van der Waals surface area contributed by atoms with Crippen molar-refractivity contribution < 1.29 is 4.74 Å². The molecule has 82 valence electrons. The molecule has 16 heavy (non-hydrogen) atoms. The van der Waals surface area contributed by atoms with Crippen LogP contribution in [-0.4, -0.2) is 17.1 Å². The highest BCUT2D eigenvalue weighted by molar-refractivity contribution is 8.03. The summed E-state index contributed by atoms with van der Waals surface area (Å²) in [6.07, 6.45) is 5.60. The van der Waals surface area contributed by atoms with Crippen LogP contribution in [0.3, 0.4) is 0 Å². The first-order chi connectivity index (χ1) is 7.84. The second kappa shape index (κ2) is 3.54.